The van der Waals surface area contributed by atoms with Gasteiger partial charge in [-0.15, -0.1) is 0 Å². The zero-order chi connectivity index (χ0) is 15.5. The SMILES string of the molecule is C=CC#N.CCC.Oc1ccccc1.c1ccccc1. The summed E-state index contributed by atoms with van der Waals surface area (Å²) < 4.78 is 0. The molecule has 0 bridgehead atoms. The lowest BCUT2D eigenvalue weighted by Crippen LogP contribution is -1.56. The van der Waals surface area contributed by atoms with Crippen molar-refractivity contribution < 1.29 is 5.11 Å². The summed E-state index contributed by atoms with van der Waals surface area (Å²) in [5.74, 6) is 0.322. The zero-order valence-electron chi connectivity index (χ0n) is 12.2. The van der Waals surface area contributed by atoms with Crippen LogP contribution in [0.4, 0.5) is 0 Å². The van der Waals surface area contributed by atoms with E-state index < -0.39 is 0 Å². The number of nitriles is 1. The van der Waals surface area contributed by atoms with Gasteiger partial charge in [0.2, 0.25) is 0 Å². The highest BCUT2D eigenvalue weighted by Gasteiger charge is 1.74. The lowest BCUT2D eigenvalue weighted by molar-refractivity contribution is 0.475. The standard InChI is InChI=1S/C6H6O.C6H6.C3H3N.C3H8/c7-6-4-2-1-3-5-6;1-2-4-6-5-3-1;1-2-3-4;1-3-2/h1-5,7H;1-6H;2H,1H2;3H2,1-2H3. The lowest BCUT2D eigenvalue weighted by atomic mass is 10.3. The zero-order valence-corrected chi connectivity index (χ0v) is 12.2. The molecule has 2 rings (SSSR count). The quantitative estimate of drug-likeness (QED) is 0.669. The maximum atomic E-state index is 8.63. The van der Waals surface area contributed by atoms with Crippen LogP contribution in [0.15, 0.2) is 79.4 Å². The number of nitrogens with zero attached hydrogens (tertiary/aromatic N) is 1. The van der Waals surface area contributed by atoms with Gasteiger partial charge in [0, 0.05) is 6.08 Å². The highest BCUT2D eigenvalue weighted by atomic mass is 16.3. The molecular weight excluding hydrogens is 246 g/mol. The van der Waals surface area contributed by atoms with Crippen LogP contribution in [0, 0.1) is 11.3 Å². The first-order valence-corrected chi connectivity index (χ1v) is 6.47. The van der Waals surface area contributed by atoms with Crippen LogP contribution in [0.3, 0.4) is 0 Å². The van der Waals surface area contributed by atoms with Crippen molar-refractivity contribution in [2.75, 3.05) is 0 Å². The van der Waals surface area contributed by atoms with Crippen molar-refractivity contribution in [2.45, 2.75) is 20.3 Å². The van der Waals surface area contributed by atoms with Crippen LogP contribution < -0.4 is 0 Å². The van der Waals surface area contributed by atoms with E-state index in [-0.39, 0.29) is 0 Å². The van der Waals surface area contributed by atoms with Gasteiger partial charge in [0.15, 0.2) is 0 Å². The minimum Gasteiger partial charge on any atom is -0.508 e. The Kier molecular flexibility index (Phi) is 18.6. The predicted octanol–water partition coefficient (Wildman–Crippen LogP) is 5.19. The first-order valence-electron chi connectivity index (χ1n) is 6.47. The number of aromatic hydroxyl groups is 1. The topological polar surface area (TPSA) is 44.0 Å². The van der Waals surface area contributed by atoms with Crippen molar-refractivity contribution >= 4 is 0 Å². The molecule has 0 amide bonds. The number of phenolic OH excluding ortho intramolecular Hbond substituents is 1. The molecule has 20 heavy (non-hydrogen) atoms. The minimum absolute atomic E-state index is 0.322. The summed E-state index contributed by atoms with van der Waals surface area (Å²) >= 11 is 0. The van der Waals surface area contributed by atoms with Crippen LogP contribution in [0.2, 0.25) is 0 Å². The number of allylic oxidation sites excluding steroid dienone is 1. The molecule has 0 fully saturated rings. The molecule has 0 spiro atoms. The van der Waals surface area contributed by atoms with Crippen LogP contribution in [0.25, 0.3) is 0 Å². The fourth-order valence-electron chi connectivity index (χ4n) is 0.813. The molecule has 2 nitrogen and oxygen atoms in total. The molecule has 0 saturated heterocycles. The molecule has 0 aliphatic carbocycles. The van der Waals surface area contributed by atoms with Gasteiger partial charge in [0.05, 0.1) is 6.07 Å². The molecule has 0 aliphatic rings. The first-order chi connectivity index (χ1) is 9.72. The molecule has 2 aromatic carbocycles. The highest BCUT2D eigenvalue weighted by molar-refractivity contribution is 5.18. The van der Waals surface area contributed by atoms with E-state index in [0.717, 1.165) is 0 Å². The predicted molar refractivity (Wildman–Crippen MR) is 86.3 cm³/mol. The minimum atomic E-state index is 0.322. The third-order valence-electron chi connectivity index (χ3n) is 1.51. The van der Waals surface area contributed by atoms with Gasteiger partial charge in [-0.3, -0.25) is 0 Å². The Morgan fingerprint density at radius 3 is 1.35 bits per heavy atom. The summed E-state index contributed by atoms with van der Waals surface area (Å²) in [5, 5.41) is 16.1. The Morgan fingerprint density at radius 1 is 0.950 bits per heavy atom. The highest BCUT2D eigenvalue weighted by Crippen LogP contribution is 2.02. The van der Waals surface area contributed by atoms with E-state index in [1.807, 2.05) is 42.5 Å². The van der Waals surface area contributed by atoms with Gasteiger partial charge in [0.1, 0.15) is 5.75 Å². The van der Waals surface area contributed by atoms with Crippen LogP contribution in [-0.4, -0.2) is 5.11 Å². The van der Waals surface area contributed by atoms with Gasteiger partial charge in [-0.1, -0.05) is 81.4 Å². The second kappa shape index (κ2) is 18.8. The van der Waals surface area contributed by atoms with Crippen LogP contribution >= 0.6 is 0 Å². The molecule has 0 aliphatic heterocycles. The van der Waals surface area contributed by atoms with E-state index in [4.69, 9.17) is 10.4 Å². The fourth-order valence-corrected chi connectivity index (χ4v) is 0.813. The summed E-state index contributed by atoms with van der Waals surface area (Å²) in [6, 6.07) is 22.4. The Morgan fingerprint density at radius 2 is 1.20 bits per heavy atom. The average molecular weight is 269 g/mol. The summed E-state index contributed by atoms with van der Waals surface area (Å²) in [4.78, 5) is 0. The van der Waals surface area contributed by atoms with Crippen molar-refractivity contribution in [3.8, 4) is 11.8 Å². The molecule has 0 heterocycles. The van der Waals surface area contributed by atoms with Gasteiger partial charge < -0.3 is 5.11 Å². The number of hydrogen-bond acceptors (Lipinski definition) is 2. The smallest absolute Gasteiger partial charge is 0.115 e. The Balaban J connectivity index is 0. The fraction of sp³-hybridized carbons (Fsp3) is 0.167. The van der Waals surface area contributed by atoms with Gasteiger partial charge in [-0.25, -0.2) is 0 Å². The largest absolute Gasteiger partial charge is 0.508 e. The maximum absolute atomic E-state index is 8.63. The molecule has 0 aromatic heterocycles. The van der Waals surface area contributed by atoms with Crippen molar-refractivity contribution in [3.05, 3.63) is 79.4 Å². The third kappa shape index (κ3) is 20.8. The monoisotopic (exact) mass is 269 g/mol. The second-order valence-electron chi connectivity index (χ2n) is 3.53. The van der Waals surface area contributed by atoms with Gasteiger partial charge in [0.25, 0.3) is 0 Å². The average Bonchev–Trinajstić information content (AvgIpc) is 2.51. The summed E-state index contributed by atoms with van der Waals surface area (Å²) in [6.45, 7) is 7.37. The molecule has 0 saturated carbocycles. The maximum Gasteiger partial charge on any atom is 0.115 e. The summed E-state index contributed by atoms with van der Waals surface area (Å²) in [7, 11) is 0. The van der Waals surface area contributed by atoms with E-state index in [0.29, 0.717) is 5.75 Å². The van der Waals surface area contributed by atoms with Gasteiger partial charge >= 0.3 is 0 Å². The van der Waals surface area contributed by atoms with E-state index in [9.17, 15) is 0 Å². The lowest BCUT2D eigenvalue weighted by Gasteiger charge is -1.82. The van der Waals surface area contributed by atoms with Crippen molar-refractivity contribution in [3.63, 3.8) is 0 Å². The third-order valence-corrected chi connectivity index (χ3v) is 1.51. The van der Waals surface area contributed by atoms with Crippen LogP contribution in [-0.2, 0) is 0 Å². The molecule has 1 N–H and O–H groups in total. The van der Waals surface area contributed by atoms with E-state index in [1.54, 1.807) is 30.3 Å². The van der Waals surface area contributed by atoms with Crippen molar-refractivity contribution in [1.82, 2.24) is 0 Å². The second-order valence-corrected chi connectivity index (χ2v) is 3.53. The molecule has 0 atom stereocenters. The summed E-state index contributed by atoms with van der Waals surface area (Å²) in [6.07, 6.45) is 2.43. The Labute approximate surface area is 122 Å². The molecule has 2 heteroatoms. The first kappa shape index (κ1) is 19.8. The van der Waals surface area contributed by atoms with Crippen LogP contribution in [0.1, 0.15) is 20.3 Å². The van der Waals surface area contributed by atoms with Crippen molar-refractivity contribution in [1.29, 1.82) is 5.26 Å². The summed E-state index contributed by atoms with van der Waals surface area (Å²) in [5.41, 5.74) is 0. The number of rotatable bonds is 0. The van der Waals surface area contributed by atoms with Gasteiger partial charge in [-0.05, 0) is 12.1 Å². The van der Waals surface area contributed by atoms with Crippen LogP contribution in [0.5, 0.6) is 5.75 Å². The number of phenols is 1. The Hall–Kier alpha value is -2.53. The molecule has 0 unspecified atom stereocenters. The normalized spacial score (nSPS) is 7.05. The van der Waals surface area contributed by atoms with Crippen molar-refractivity contribution in [2.24, 2.45) is 0 Å². The Bertz CT molecular complexity index is 405. The number of benzene rings is 2. The van der Waals surface area contributed by atoms with E-state index in [1.165, 1.54) is 12.5 Å². The molecule has 2 aromatic rings. The van der Waals surface area contributed by atoms with Gasteiger partial charge in [-0.2, -0.15) is 5.26 Å². The molecule has 106 valence electrons. The molecule has 0 radical (unpaired) electrons. The van der Waals surface area contributed by atoms with E-state index >= 15 is 0 Å². The number of para-hydroxylation sites is 1. The van der Waals surface area contributed by atoms with E-state index in [2.05, 4.69) is 20.4 Å². The molecular formula is C18H23NO. The number of hydrogen-bond donors (Lipinski definition) is 1.